The van der Waals surface area contributed by atoms with E-state index in [0.29, 0.717) is 6.07 Å². The van der Waals surface area contributed by atoms with Gasteiger partial charge in [0.15, 0.2) is 11.6 Å². The molecule has 68 valence electrons. The molecular weight excluding hydrogens is 247 g/mol. The van der Waals surface area contributed by atoms with Crippen molar-refractivity contribution in [3.05, 3.63) is 33.6 Å². The molecule has 0 N–H and O–H groups in total. The highest BCUT2D eigenvalue weighted by molar-refractivity contribution is 9.10. The number of nitriles is 1. The Hall–Kier alpha value is -1.02. The van der Waals surface area contributed by atoms with Crippen molar-refractivity contribution in [2.75, 3.05) is 0 Å². The van der Waals surface area contributed by atoms with Gasteiger partial charge in [-0.2, -0.15) is 5.26 Å². The van der Waals surface area contributed by atoms with Crippen LogP contribution in [-0.2, 0) is 6.42 Å². The van der Waals surface area contributed by atoms with E-state index >= 15 is 0 Å². The van der Waals surface area contributed by atoms with Crippen molar-refractivity contribution in [3.63, 3.8) is 0 Å². The highest BCUT2D eigenvalue weighted by Crippen LogP contribution is 2.24. The van der Waals surface area contributed by atoms with Crippen LogP contribution in [0, 0.1) is 28.8 Å². The van der Waals surface area contributed by atoms with E-state index in [-0.39, 0.29) is 4.47 Å². The first-order valence-electron chi connectivity index (χ1n) is 3.26. The standard InChI is InChI=1S/C8H3BrF3N/c9-5-3-6(10)8(12)4(1-2-13)7(5)11/h3H,1H2. The van der Waals surface area contributed by atoms with Crippen LogP contribution in [0.3, 0.4) is 0 Å². The zero-order valence-electron chi connectivity index (χ0n) is 6.24. The third kappa shape index (κ3) is 1.83. The Kier molecular flexibility index (Phi) is 2.94. The molecule has 1 aromatic carbocycles. The van der Waals surface area contributed by atoms with Crippen molar-refractivity contribution < 1.29 is 13.2 Å². The van der Waals surface area contributed by atoms with Gasteiger partial charge in [0.25, 0.3) is 0 Å². The third-order valence-electron chi connectivity index (χ3n) is 1.46. The third-order valence-corrected chi connectivity index (χ3v) is 2.04. The van der Waals surface area contributed by atoms with Crippen molar-refractivity contribution in [1.29, 1.82) is 5.26 Å². The van der Waals surface area contributed by atoms with E-state index in [4.69, 9.17) is 5.26 Å². The monoisotopic (exact) mass is 249 g/mol. The minimum absolute atomic E-state index is 0.184. The van der Waals surface area contributed by atoms with Gasteiger partial charge in [-0.25, -0.2) is 13.2 Å². The van der Waals surface area contributed by atoms with Gasteiger partial charge in [0.05, 0.1) is 17.0 Å². The molecule has 0 aliphatic carbocycles. The summed E-state index contributed by atoms with van der Waals surface area (Å²) >= 11 is 2.71. The van der Waals surface area contributed by atoms with Crippen LogP contribution in [0.4, 0.5) is 13.2 Å². The van der Waals surface area contributed by atoms with E-state index in [0.717, 1.165) is 0 Å². The number of hydrogen-bond acceptors (Lipinski definition) is 1. The second-order valence-electron chi connectivity index (χ2n) is 2.28. The lowest BCUT2D eigenvalue weighted by molar-refractivity contribution is 0.481. The normalized spacial score (nSPS) is 9.77. The number of nitrogens with zero attached hydrogens (tertiary/aromatic N) is 1. The minimum Gasteiger partial charge on any atom is -0.205 e. The zero-order valence-corrected chi connectivity index (χ0v) is 7.83. The second kappa shape index (κ2) is 3.79. The molecule has 0 aliphatic heterocycles. The van der Waals surface area contributed by atoms with Gasteiger partial charge in [0.2, 0.25) is 0 Å². The maximum atomic E-state index is 13.0. The summed E-state index contributed by atoms with van der Waals surface area (Å²) in [4.78, 5) is 0. The maximum absolute atomic E-state index is 13.0. The summed E-state index contributed by atoms with van der Waals surface area (Å²) in [6, 6.07) is 2.24. The molecule has 0 aromatic heterocycles. The molecule has 0 amide bonds. The fraction of sp³-hybridized carbons (Fsp3) is 0.125. The molecule has 0 spiro atoms. The first kappa shape index (κ1) is 10.1. The molecule has 0 radical (unpaired) electrons. The molecule has 0 fully saturated rings. The van der Waals surface area contributed by atoms with E-state index < -0.39 is 29.4 Å². The smallest absolute Gasteiger partial charge is 0.166 e. The Balaban J connectivity index is 3.39. The van der Waals surface area contributed by atoms with Crippen LogP contribution >= 0.6 is 15.9 Å². The number of halogens is 4. The molecule has 1 rings (SSSR count). The summed E-state index contributed by atoms with van der Waals surface area (Å²) < 4.78 is 38.3. The van der Waals surface area contributed by atoms with Gasteiger partial charge in [0, 0.05) is 5.56 Å². The fourth-order valence-corrected chi connectivity index (χ4v) is 1.30. The molecule has 13 heavy (non-hydrogen) atoms. The fourth-order valence-electron chi connectivity index (χ4n) is 0.857. The summed E-state index contributed by atoms with van der Waals surface area (Å²) in [5.41, 5.74) is -0.547. The lowest BCUT2D eigenvalue weighted by atomic mass is 10.1. The second-order valence-corrected chi connectivity index (χ2v) is 3.14. The van der Waals surface area contributed by atoms with E-state index in [1.807, 2.05) is 0 Å². The van der Waals surface area contributed by atoms with Gasteiger partial charge in [-0.15, -0.1) is 0 Å². The molecule has 0 saturated carbocycles. The van der Waals surface area contributed by atoms with Crippen LogP contribution < -0.4 is 0 Å². The summed E-state index contributed by atoms with van der Waals surface area (Å²) in [6.07, 6.45) is -0.492. The Morgan fingerprint density at radius 1 is 1.31 bits per heavy atom. The molecule has 0 atom stereocenters. The number of hydrogen-bond donors (Lipinski definition) is 0. The van der Waals surface area contributed by atoms with Crippen LogP contribution in [0.15, 0.2) is 10.5 Å². The molecule has 0 heterocycles. The Morgan fingerprint density at radius 3 is 2.46 bits per heavy atom. The first-order valence-corrected chi connectivity index (χ1v) is 4.06. The molecule has 5 heteroatoms. The highest BCUT2D eigenvalue weighted by atomic mass is 79.9. The first-order chi connectivity index (χ1) is 6.07. The lowest BCUT2D eigenvalue weighted by Gasteiger charge is -2.03. The number of benzene rings is 1. The van der Waals surface area contributed by atoms with Gasteiger partial charge in [0.1, 0.15) is 5.82 Å². The minimum atomic E-state index is -1.30. The van der Waals surface area contributed by atoms with E-state index in [9.17, 15) is 13.2 Å². The van der Waals surface area contributed by atoms with Crippen LogP contribution in [-0.4, -0.2) is 0 Å². The van der Waals surface area contributed by atoms with Crippen molar-refractivity contribution in [2.45, 2.75) is 6.42 Å². The van der Waals surface area contributed by atoms with Crippen LogP contribution in [0.2, 0.25) is 0 Å². The van der Waals surface area contributed by atoms with Crippen molar-refractivity contribution in [1.82, 2.24) is 0 Å². The van der Waals surface area contributed by atoms with Crippen molar-refractivity contribution in [3.8, 4) is 6.07 Å². The highest BCUT2D eigenvalue weighted by Gasteiger charge is 2.16. The van der Waals surface area contributed by atoms with Gasteiger partial charge in [-0.05, 0) is 22.0 Å². The maximum Gasteiger partial charge on any atom is 0.166 e. The quantitative estimate of drug-likeness (QED) is 0.703. The summed E-state index contributed by atoms with van der Waals surface area (Å²) in [5, 5.41) is 8.23. The van der Waals surface area contributed by atoms with Crippen molar-refractivity contribution >= 4 is 15.9 Å². The molecule has 0 bridgehead atoms. The van der Waals surface area contributed by atoms with Crippen LogP contribution in [0.5, 0.6) is 0 Å². The Bertz CT molecular complexity index is 358. The van der Waals surface area contributed by atoms with Crippen LogP contribution in [0.1, 0.15) is 5.56 Å². The predicted octanol–water partition coefficient (Wildman–Crippen LogP) is 2.93. The summed E-state index contributed by atoms with van der Waals surface area (Å²) in [7, 11) is 0. The van der Waals surface area contributed by atoms with Crippen LogP contribution in [0.25, 0.3) is 0 Å². The number of rotatable bonds is 1. The molecule has 1 aromatic rings. The Labute approximate surface area is 80.9 Å². The SMILES string of the molecule is N#CCc1c(F)c(F)cc(Br)c1F. The average molecular weight is 250 g/mol. The average Bonchev–Trinajstić information content (AvgIpc) is 2.09. The molecular formula is C8H3BrF3N. The van der Waals surface area contributed by atoms with Gasteiger partial charge in [-0.3, -0.25) is 0 Å². The van der Waals surface area contributed by atoms with E-state index in [1.54, 1.807) is 6.07 Å². The van der Waals surface area contributed by atoms with Gasteiger partial charge >= 0.3 is 0 Å². The summed E-state index contributed by atoms with van der Waals surface area (Å²) in [5.74, 6) is -3.40. The predicted molar refractivity (Wildman–Crippen MR) is 43.3 cm³/mol. The van der Waals surface area contributed by atoms with Gasteiger partial charge in [-0.1, -0.05) is 0 Å². The van der Waals surface area contributed by atoms with Crippen molar-refractivity contribution in [2.24, 2.45) is 0 Å². The summed E-state index contributed by atoms with van der Waals surface area (Å²) in [6.45, 7) is 0. The molecule has 0 aliphatic rings. The Morgan fingerprint density at radius 2 is 1.92 bits per heavy atom. The van der Waals surface area contributed by atoms with Gasteiger partial charge < -0.3 is 0 Å². The molecule has 0 saturated heterocycles. The van der Waals surface area contributed by atoms with E-state index in [2.05, 4.69) is 15.9 Å². The largest absolute Gasteiger partial charge is 0.205 e. The molecule has 1 nitrogen and oxygen atoms in total. The topological polar surface area (TPSA) is 23.8 Å². The zero-order chi connectivity index (χ0) is 10.0. The molecule has 0 unspecified atom stereocenters. The lowest BCUT2D eigenvalue weighted by Crippen LogP contribution is -1.99. The van der Waals surface area contributed by atoms with E-state index in [1.165, 1.54) is 0 Å².